The monoisotopic (exact) mass is 195 g/mol. The molecular weight excluding hydrogens is 174 g/mol. The zero-order valence-electron chi connectivity index (χ0n) is 9.05. The van der Waals surface area contributed by atoms with E-state index in [4.69, 9.17) is 5.41 Å². The lowest BCUT2D eigenvalue weighted by molar-refractivity contribution is 0.232. The number of hydrogen-bond acceptors (Lipinski definition) is 3. The molecule has 0 atom stereocenters. The Labute approximate surface area is 86.4 Å². The summed E-state index contributed by atoms with van der Waals surface area (Å²) >= 11 is 0. The van der Waals surface area contributed by atoms with Crippen LogP contribution in [0.2, 0.25) is 0 Å². The minimum Gasteiger partial charge on any atom is -0.313 e. The van der Waals surface area contributed by atoms with Gasteiger partial charge in [-0.3, -0.25) is 0 Å². The van der Waals surface area contributed by atoms with Crippen molar-refractivity contribution in [3.05, 3.63) is 0 Å². The average Bonchev–Trinajstić information content (AvgIpc) is 2.98. The lowest BCUT2D eigenvalue weighted by Gasteiger charge is -2.30. The largest absolute Gasteiger partial charge is 0.313 e. The van der Waals surface area contributed by atoms with Crippen LogP contribution in [-0.4, -0.2) is 43.8 Å². The molecule has 14 heavy (non-hydrogen) atoms. The van der Waals surface area contributed by atoms with E-state index in [1.54, 1.807) is 6.21 Å². The van der Waals surface area contributed by atoms with Gasteiger partial charge in [-0.25, -0.2) is 0 Å². The molecule has 1 heterocycles. The number of likely N-dealkylation sites (tertiary alicyclic amines) is 1. The molecule has 1 aliphatic carbocycles. The van der Waals surface area contributed by atoms with Crippen LogP contribution < -0.4 is 5.32 Å². The Morgan fingerprint density at radius 3 is 2.57 bits per heavy atom. The molecule has 0 bridgehead atoms. The Bertz CT molecular complexity index is 203. The van der Waals surface area contributed by atoms with Crippen LogP contribution in [-0.2, 0) is 0 Å². The normalized spacial score (nSPS) is 27.5. The highest BCUT2D eigenvalue weighted by molar-refractivity contribution is 5.66. The Morgan fingerprint density at radius 2 is 2.07 bits per heavy atom. The van der Waals surface area contributed by atoms with Gasteiger partial charge in [0.1, 0.15) is 0 Å². The molecule has 2 aliphatic rings. The van der Waals surface area contributed by atoms with Gasteiger partial charge in [-0.2, -0.15) is 0 Å². The van der Waals surface area contributed by atoms with Crippen molar-refractivity contribution in [1.29, 1.82) is 5.41 Å². The number of piperidine rings is 1. The first-order chi connectivity index (χ1) is 6.74. The summed E-state index contributed by atoms with van der Waals surface area (Å²) in [6.45, 7) is 3.47. The Balaban J connectivity index is 1.68. The van der Waals surface area contributed by atoms with E-state index in [9.17, 15) is 0 Å². The summed E-state index contributed by atoms with van der Waals surface area (Å²) in [5.74, 6) is 0. The summed E-state index contributed by atoms with van der Waals surface area (Å²) in [6.07, 6.45) is 6.62. The van der Waals surface area contributed by atoms with Crippen molar-refractivity contribution >= 4 is 6.21 Å². The first-order valence-electron chi connectivity index (χ1n) is 5.68. The van der Waals surface area contributed by atoms with Crippen LogP contribution in [0.4, 0.5) is 0 Å². The van der Waals surface area contributed by atoms with E-state index in [-0.39, 0.29) is 5.41 Å². The Morgan fingerprint density at radius 1 is 1.43 bits per heavy atom. The third kappa shape index (κ3) is 2.34. The van der Waals surface area contributed by atoms with E-state index in [1.807, 2.05) is 0 Å². The Kier molecular flexibility index (Phi) is 2.88. The zero-order chi connectivity index (χ0) is 10.0. The van der Waals surface area contributed by atoms with Crippen molar-refractivity contribution in [2.45, 2.75) is 31.7 Å². The van der Waals surface area contributed by atoms with E-state index in [1.165, 1.54) is 38.8 Å². The summed E-state index contributed by atoms with van der Waals surface area (Å²) < 4.78 is 0. The van der Waals surface area contributed by atoms with Crippen molar-refractivity contribution in [2.24, 2.45) is 5.41 Å². The van der Waals surface area contributed by atoms with E-state index in [0.29, 0.717) is 6.04 Å². The second-order valence-corrected chi connectivity index (χ2v) is 4.97. The third-order valence-corrected chi connectivity index (χ3v) is 3.66. The minimum atomic E-state index is 0.253. The molecule has 0 aromatic rings. The molecule has 1 saturated heterocycles. The molecule has 0 radical (unpaired) electrons. The predicted octanol–water partition coefficient (Wildman–Crippen LogP) is 1.10. The van der Waals surface area contributed by atoms with Crippen molar-refractivity contribution in [3.8, 4) is 0 Å². The lowest BCUT2D eigenvalue weighted by atomic mass is 10.0. The predicted molar refractivity (Wildman–Crippen MR) is 59.0 cm³/mol. The van der Waals surface area contributed by atoms with Crippen LogP contribution in [0.3, 0.4) is 0 Å². The lowest BCUT2D eigenvalue weighted by Crippen LogP contribution is -2.42. The van der Waals surface area contributed by atoms with Crippen molar-refractivity contribution < 1.29 is 0 Å². The maximum atomic E-state index is 7.34. The third-order valence-electron chi connectivity index (χ3n) is 3.66. The zero-order valence-corrected chi connectivity index (χ0v) is 9.05. The van der Waals surface area contributed by atoms with Crippen LogP contribution in [0.25, 0.3) is 0 Å². The van der Waals surface area contributed by atoms with Gasteiger partial charge in [-0.1, -0.05) is 0 Å². The first-order valence-corrected chi connectivity index (χ1v) is 5.68. The summed E-state index contributed by atoms with van der Waals surface area (Å²) in [4.78, 5) is 2.39. The van der Waals surface area contributed by atoms with Crippen LogP contribution in [0, 0.1) is 10.8 Å². The topological polar surface area (TPSA) is 39.1 Å². The molecule has 0 aromatic carbocycles. The maximum Gasteiger partial charge on any atom is 0.0175 e. The Hall–Kier alpha value is -0.410. The van der Waals surface area contributed by atoms with Gasteiger partial charge in [-0.05, 0) is 45.8 Å². The fourth-order valence-electron chi connectivity index (χ4n) is 2.09. The van der Waals surface area contributed by atoms with Gasteiger partial charge < -0.3 is 15.6 Å². The summed E-state index contributed by atoms with van der Waals surface area (Å²) in [6, 6.07) is 0.698. The SMILES string of the molecule is CN1CCC(NCC2(C=N)CC2)CC1. The molecule has 80 valence electrons. The average molecular weight is 195 g/mol. The molecular formula is C11H21N3. The number of hydrogen-bond donors (Lipinski definition) is 2. The van der Waals surface area contributed by atoms with Gasteiger partial charge >= 0.3 is 0 Å². The molecule has 2 fully saturated rings. The van der Waals surface area contributed by atoms with Crippen molar-refractivity contribution in [1.82, 2.24) is 10.2 Å². The quantitative estimate of drug-likeness (QED) is 0.659. The van der Waals surface area contributed by atoms with E-state index in [0.717, 1.165) is 6.54 Å². The second kappa shape index (κ2) is 3.99. The molecule has 0 aromatic heterocycles. The van der Waals surface area contributed by atoms with E-state index >= 15 is 0 Å². The maximum absolute atomic E-state index is 7.34. The number of nitrogens with one attached hydrogen (secondary N) is 2. The van der Waals surface area contributed by atoms with Crippen LogP contribution in [0.5, 0.6) is 0 Å². The molecule has 1 saturated carbocycles. The van der Waals surface area contributed by atoms with Gasteiger partial charge in [0.2, 0.25) is 0 Å². The molecule has 0 spiro atoms. The highest BCUT2D eigenvalue weighted by atomic mass is 15.1. The number of nitrogens with zero attached hydrogens (tertiary/aromatic N) is 1. The fourth-order valence-corrected chi connectivity index (χ4v) is 2.09. The van der Waals surface area contributed by atoms with E-state index < -0.39 is 0 Å². The molecule has 2 rings (SSSR count). The summed E-state index contributed by atoms with van der Waals surface area (Å²) in [7, 11) is 2.19. The fraction of sp³-hybridized carbons (Fsp3) is 0.909. The number of rotatable bonds is 4. The molecule has 3 heteroatoms. The molecule has 0 unspecified atom stereocenters. The van der Waals surface area contributed by atoms with Gasteiger partial charge in [0.25, 0.3) is 0 Å². The first kappa shape index (κ1) is 10.1. The molecule has 0 amide bonds. The van der Waals surface area contributed by atoms with Gasteiger partial charge in [0.15, 0.2) is 0 Å². The summed E-state index contributed by atoms with van der Waals surface area (Å²) in [5, 5.41) is 11.0. The smallest absolute Gasteiger partial charge is 0.0175 e. The van der Waals surface area contributed by atoms with E-state index in [2.05, 4.69) is 17.3 Å². The van der Waals surface area contributed by atoms with Crippen LogP contribution in [0.1, 0.15) is 25.7 Å². The summed E-state index contributed by atoms with van der Waals surface area (Å²) in [5.41, 5.74) is 0.253. The van der Waals surface area contributed by atoms with Gasteiger partial charge in [-0.15, -0.1) is 0 Å². The second-order valence-electron chi connectivity index (χ2n) is 4.97. The molecule has 2 N–H and O–H groups in total. The standard InChI is InChI=1S/C11H21N3/c1-14-6-2-10(3-7-14)13-9-11(8-12)4-5-11/h8,10,12-13H,2-7,9H2,1H3. The highest BCUT2D eigenvalue weighted by Crippen LogP contribution is 2.42. The van der Waals surface area contributed by atoms with Crippen molar-refractivity contribution in [2.75, 3.05) is 26.7 Å². The minimum absolute atomic E-state index is 0.253. The van der Waals surface area contributed by atoms with Gasteiger partial charge in [0.05, 0.1) is 0 Å². The molecule has 3 nitrogen and oxygen atoms in total. The van der Waals surface area contributed by atoms with Crippen molar-refractivity contribution in [3.63, 3.8) is 0 Å². The molecule has 1 aliphatic heterocycles. The van der Waals surface area contributed by atoms with Crippen LogP contribution in [0.15, 0.2) is 0 Å². The van der Waals surface area contributed by atoms with Crippen LogP contribution >= 0.6 is 0 Å². The van der Waals surface area contributed by atoms with Gasteiger partial charge in [0, 0.05) is 24.2 Å². The highest BCUT2D eigenvalue weighted by Gasteiger charge is 2.40.